The number of rotatable bonds is 8. The summed E-state index contributed by atoms with van der Waals surface area (Å²) in [5, 5.41) is 16.1. The molecule has 2 heterocycles. The van der Waals surface area contributed by atoms with Crippen LogP contribution in [0.2, 0.25) is 0 Å². The first-order valence-corrected chi connectivity index (χ1v) is 10.9. The SMILES string of the molecule is COc1cc(C(=O)Nc2nc3ccc4nc(NCCO)sc4c3s2)cc(OC)c1OC. The largest absolute Gasteiger partial charge is 0.493 e. The van der Waals surface area contributed by atoms with Gasteiger partial charge in [-0.15, -0.1) is 0 Å². The molecule has 0 aliphatic rings. The lowest BCUT2D eigenvalue weighted by Crippen LogP contribution is -2.12. The van der Waals surface area contributed by atoms with Crippen LogP contribution in [0.3, 0.4) is 0 Å². The number of amides is 1. The number of nitrogens with one attached hydrogen (secondary N) is 2. The summed E-state index contributed by atoms with van der Waals surface area (Å²) in [6.07, 6.45) is 0. The lowest BCUT2D eigenvalue weighted by atomic mass is 10.1. The molecular weight excluding hydrogens is 440 g/mol. The molecule has 0 bridgehead atoms. The first kappa shape index (κ1) is 21.1. The highest BCUT2D eigenvalue weighted by Crippen LogP contribution is 2.39. The maximum Gasteiger partial charge on any atom is 0.257 e. The summed E-state index contributed by atoms with van der Waals surface area (Å²) < 4.78 is 17.9. The Balaban J connectivity index is 1.64. The van der Waals surface area contributed by atoms with Gasteiger partial charge in [0, 0.05) is 12.1 Å². The van der Waals surface area contributed by atoms with E-state index in [2.05, 4.69) is 20.6 Å². The van der Waals surface area contributed by atoms with Crippen LogP contribution in [0.1, 0.15) is 10.4 Å². The number of carbonyl (C=O) groups is 1. The molecule has 0 aliphatic carbocycles. The van der Waals surface area contributed by atoms with Crippen LogP contribution in [0.4, 0.5) is 10.3 Å². The van der Waals surface area contributed by atoms with Gasteiger partial charge >= 0.3 is 0 Å². The molecule has 0 aliphatic heterocycles. The maximum atomic E-state index is 12.9. The number of anilines is 2. The fourth-order valence-electron chi connectivity index (χ4n) is 3.05. The Morgan fingerprint density at radius 1 is 0.968 bits per heavy atom. The van der Waals surface area contributed by atoms with Gasteiger partial charge in [-0.05, 0) is 24.3 Å². The number of benzene rings is 2. The number of hydrogen-bond donors (Lipinski definition) is 3. The number of nitrogens with zero attached hydrogens (tertiary/aromatic N) is 2. The lowest BCUT2D eigenvalue weighted by molar-refractivity contribution is 0.102. The van der Waals surface area contributed by atoms with E-state index in [1.807, 2.05) is 12.1 Å². The van der Waals surface area contributed by atoms with Crippen LogP contribution in [0.15, 0.2) is 24.3 Å². The zero-order valence-corrected chi connectivity index (χ0v) is 18.6. The lowest BCUT2D eigenvalue weighted by Gasteiger charge is -2.13. The van der Waals surface area contributed by atoms with E-state index in [4.69, 9.17) is 19.3 Å². The number of ether oxygens (including phenoxy) is 3. The molecule has 1 amide bonds. The number of carbonyl (C=O) groups excluding carboxylic acids is 1. The summed E-state index contributed by atoms with van der Waals surface area (Å²) in [5.41, 5.74) is 1.96. The van der Waals surface area contributed by atoms with Gasteiger partial charge in [-0.25, -0.2) is 9.97 Å². The molecule has 3 N–H and O–H groups in total. The average molecular weight is 461 g/mol. The van der Waals surface area contributed by atoms with Gasteiger partial charge in [-0.2, -0.15) is 0 Å². The molecule has 4 aromatic rings. The molecule has 2 aromatic heterocycles. The normalized spacial score (nSPS) is 11.0. The quantitative estimate of drug-likeness (QED) is 0.365. The third-order valence-corrected chi connectivity index (χ3v) is 6.63. The number of aromatic nitrogens is 2. The molecule has 0 radical (unpaired) electrons. The minimum atomic E-state index is -0.343. The number of methoxy groups -OCH3 is 3. The minimum Gasteiger partial charge on any atom is -0.493 e. The Hall–Kier alpha value is -3.15. The molecular formula is C20H20N4O5S2. The Kier molecular flexibility index (Phi) is 6.07. The predicted octanol–water partition coefficient (Wildman–Crippen LogP) is 3.59. The molecule has 2 aromatic carbocycles. The van der Waals surface area contributed by atoms with Crippen molar-refractivity contribution >= 4 is 59.3 Å². The van der Waals surface area contributed by atoms with E-state index in [1.165, 1.54) is 44.0 Å². The molecule has 11 heteroatoms. The zero-order chi connectivity index (χ0) is 22.0. The van der Waals surface area contributed by atoms with Gasteiger partial charge in [0.05, 0.1) is 48.4 Å². The van der Waals surface area contributed by atoms with Crippen LogP contribution in [0.5, 0.6) is 17.2 Å². The third-order valence-electron chi connectivity index (χ3n) is 4.45. The Morgan fingerprint density at radius 3 is 2.10 bits per heavy atom. The predicted molar refractivity (Wildman–Crippen MR) is 122 cm³/mol. The number of fused-ring (bicyclic) bond motifs is 3. The van der Waals surface area contributed by atoms with Gasteiger partial charge in [-0.1, -0.05) is 22.7 Å². The van der Waals surface area contributed by atoms with E-state index in [0.717, 1.165) is 25.6 Å². The second-order valence-corrected chi connectivity index (χ2v) is 8.32. The maximum absolute atomic E-state index is 12.9. The van der Waals surface area contributed by atoms with Gasteiger partial charge < -0.3 is 24.6 Å². The summed E-state index contributed by atoms with van der Waals surface area (Å²) in [4.78, 5) is 21.9. The van der Waals surface area contributed by atoms with E-state index < -0.39 is 0 Å². The monoisotopic (exact) mass is 460 g/mol. The van der Waals surface area contributed by atoms with E-state index in [9.17, 15) is 4.79 Å². The molecule has 162 valence electrons. The Labute approximate surface area is 185 Å². The fraction of sp³-hybridized carbons (Fsp3) is 0.250. The molecule has 0 fully saturated rings. The van der Waals surface area contributed by atoms with Crippen molar-refractivity contribution in [3.8, 4) is 17.2 Å². The number of aliphatic hydroxyl groups is 1. The van der Waals surface area contributed by atoms with Gasteiger partial charge in [0.1, 0.15) is 0 Å². The van der Waals surface area contributed by atoms with E-state index >= 15 is 0 Å². The molecule has 31 heavy (non-hydrogen) atoms. The van der Waals surface area contributed by atoms with Crippen LogP contribution >= 0.6 is 22.7 Å². The van der Waals surface area contributed by atoms with Crippen molar-refractivity contribution in [2.75, 3.05) is 45.1 Å². The summed E-state index contributed by atoms with van der Waals surface area (Å²) in [6.45, 7) is 0.463. The van der Waals surface area contributed by atoms with Crippen molar-refractivity contribution in [3.63, 3.8) is 0 Å². The molecule has 0 saturated heterocycles. The summed E-state index contributed by atoms with van der Waals surface area (Å²) in [6, 6.07) is 6.94. The summed E-state index contributed by atoms with van der Waals surface area (Å²) >= 11 is 2.86. The fourth-order valence-corrected chi connectivity index (χ4v) is 5.12. The second-order valence-electron chi connectivity index (χ2n) is 6.32. The second kappa shape index (κ2) is 8.92. The highest BCUT2D eigenvalue weighted by Gasteiger charge is 2.19. The summed E-state index contributed by atoms with van der Waals surface area (Å²) in [7, 11) is 4.50. The van der Waals surface area contributed by atoms with Crippen LogP contribution in [0, 0.1) is 0 Å². The number of thiazole rings is 2. The van der Waals surface area contributed by atoms with Crippen molar-refractivity contribution in [2.24, 2.45) is 0 Å². The van der Waals surface area contributed by atoms with Crippen molar-refractivity contribution in [3.05, 3.63) is 29.8 Å². The third kappa shape index (κ3) is 4.07. The summed E-state index contributed by atoms with van der Waals surface area (Å²) in [5.74, 6) is 0.861. The molecule has 0 atom stereocenters. The van der Waals surface area contributed by atoms with Gasteiger partial charge in [-0.3, -0.25) is 10.1 Å². The Morgan fingerprint density at radius 2 is 1.55 bits per heavy atom. The molecule has 0 saturated carbocycles. The first-order valence-electron chi connectivity index (χ1n) is 9.24. The van der Waals surface area contributed by atoms with Crippen LogP contribution < -0.4 is 24.8 Å². The van der Waals surface area contributed by atoms with Crippen molar-refractivity contribution in [2.45, 2.75) is 0 Å². The average Bonchev–Trinajstić information content (AvgIpc) is 3.39. The Bertz CT molecular complexity index is 1230. The molecule has 0 unspecified atom stereocenters. The van der Waals surface area contributed by atoms with Gasteiger partial charge in [0.15, 0.2) is 21.8 Å². The zero-order valence-electron chi connectivity index (χ0n) is 17.0. The van der Waals surface area contributed by atoms with Gasteiger partial charge in [0.2, 0.25) is 5.75 Å². The van der Waals surface area contributed by atoms with Crippen LogP contribution in [0.25, 0.3) is 20.4 Å². The highest BCUT2D eigenvalue weighted by atomic mass is 32.1. The first-order chi connectivity index (χ1) is 15.1. The molecule has 9 nitrogen and oxygen atoms in total. The topological polar surface area (TPSA) is 115 Å². The smallest absolute Gasteiger partial charge is 0.257 e. The van der Waals surface area contributed by atoms with Gasteiger partial charge in [0.25, 0.3) is 5.91 Å². The molecule has 0 spiro atoms. The molecule has 4 rings (SSSR count). The number of aliphatic hydroxyl groups excluding tert-OH is 1. The van der Waals surface area contributed by atoms with Crippen molar-refractivity contribution < 1.29 is 24.1 Å². The van der Waals surface area contributed by atoms with E-state index in [1.54, 1.807) is 12.1 Å². The van der Waals surface area contributed by atoms with Crippen molar-refractivity contribution in [1.82, 2.24) is 9.97 Å². The van der Waals surface area contributed by atoms with E-state index in [0.29, 0.717) is 34.5 Å². The standard InChI is InChI=1S/C20H20N4O5S2/c1-27-13-8-10(9-14(28-2)15(13)29-3)18(26)24-20-23-12-5-4-11-16(17(12)31-20)30-19(22-11)21-6-7-25/h4-5,8-9,25H,6-7H2,1-3H3,(H,21,22)(H,23,24,26). The minimum absolute atomic E-state index is 0.0308. The number of hydrogen-bond acceptors (Lipinski definition) is 10. The highest BCUT2D eigenvalue weighted by molar-refractivity contribution is 7.30. The van der Waals surface area contributed by atoms with Crippen LogP contribution in [-0.2, 0) is 0 Å². The van der Waals surface area contributed by atoms with Crippen molar-refractivity contribution in [1.29, 1.82) is 0 Å². The van der Waals surface area contributed by atoms with E-state index in [-0.39, 0.29) is 12.5 Å². The van der Waals surface area contributed by atoms with Crippen LogP contribution in [-0.4, -0.2) is 55.5 Å².